The molecule has 2 atom stereocenters. The van der Waals surface area contributed by atoms with Crippen LogP contribution in [0.1, 0.15) is 149 Å². The third kappa shape index (κ3) is 19.1. The van der Waals surface area contributed by atoms with Gasteiger partial charge in [-0.25, -0.2) is 0 Å². The second kappa shape index (κ2) is 22.3. The highest BCUT2D eigenvalue weighted by molar-refractivity contribution is 4.66. The van der Waals surface area contributed by atoms with E-state index in [4.69, 9.17) is 4.74 Å². The Bertz CT molecular complexity index is 263. The first-order valence-corrected chi connectivity index (χ1v) is 12.8. The van der Waals surface area contributed by atoms with Gasteiger partial charge in [-0.05, 0) is 18.8 Å². The first-order valence-electron chi connectivity index (χ1n) is 12.8. The van der Waals surface area contributed by atoms with Crippen molar-refractivity contribution >= 4 is 0 Å². The molecule has 0 spiro atoms. The summed E-state index contributed by atoms with van der Waals surface area (Å²) in [6.45, 7) is 6.95. The van der Waals surface area contributed by atoms with Crippen LogP contribution >= 0.6 is 0 Å². The first-order chi connectivity index (χ1) is 13.3. The fourth-order valence-electron chi connectivity index (χ4n) is 4.25. The average Bonchev–Trinajstić information content (AvgIpc) is 2.69. The zero-order valence-electron chi connectivity index (χ0n) is 19.7. The Balaban J connectivity index is 3.41. The number of rotatable bonds is 22. The maximum Gasteiger partial charge on any atom is 0.0574 e. The maximum absolute atomic E-state index is 5.78. The van der Waals surface area contributed by atoms with Gasteiger partial charge >= 0.3 is 0 Å². The molecule has 1 nitrogen and oxygen atoms in total. The summed E-state index contributed by atoms with van der Waals surface area (Å²) in [6.07, 6.45) is 28.7. The van der Waals surface area contributed by atoms with Crippen LogP contribution in [0.5, 0.6) is 0 Å². The summed E-state index contributed by atoms with van der Waals surface area (Å²) in [6, 6.07) is 0. The highest BCUT2D eigenvalue weighted by Crippen LogP contribution is 2.23. The molecule has 2 unspecified atom stereocenters. The van der Waals surface area contributed by atoms with Crippen molar-refractivity contribution in [1.29, 1.82) is 0 Å². The maximum atomic E-state index is 5.78. The average molecular weight is 383 g/mol. The van der Waals surface area contributed by atoms with E-state index in [0.717, 1.165) is 5.92 Å². The van der Waals surface area contributed by atoms with Crippen LogP contribution in [0.15, 0.2) is 0 Å². The monoisotopic (exact) mass is 382 g/mol. The number of ether oxygens (including phenoxy) is 1. The van der Waals surface area contributed by atoms with Crippen LogP contribution in [0.25, 0.3) is 0 Å². The highest BCUT2D eigenvalue weighted by atomic mass is 16.5. The number of hydrogen-bond donors (Lipinski definition) is 0. The molecular formula is C26H54O. The van der Waals surface area contributed by atoms with E-state index in [-0.39, 0.29) is 0 Å². The Morgan fingerprint density at radius 3 is 1.37 bits per heavy atom. The van der Waals surface area contributed by atoms with Crippen LogP contribution < -0.4 is 0 Å². The van der Waals surface area contributed by atoms with Gasteiger partial charge in [0.25, 0.3) is 0 Å². The lowest BCUT2D eigenvalue weighted by Gasteiger charge is -2.21. The summed E-state index contributed by atoms with van der Waals surface area (Å²) in [5, 5.41) is 0. The Kier molecular flexibility index (Phi) is 22.2. The topological polar surface area (TPSA) is 9.23 Å². The SMILES string of the molecule is CCCCCCCCCCCCCCCCC(CC(CC)CCCC)OC. The molecule has 0 saturated carbocycles. The smallest absolute Gasteiger partial charge is 0.0574 e. The molecule has 0 radical (unpaired) electrons. The Hall–Kier alpha value is -0.0400. The van der Waals surface area contributed by atoms with Gasteiger partial charge in [-0.3, -0.25) is 0 Å². The summed E-state index contributed by atoms with van der Waals surface area (Å²) >= 11 is 0. The van der Waals surface area contributed by atoms with Crippen molar-refractivity contribution in [3.63, 3.8) is 0 Å². The summed E-state index contributed by atoms with van der Waals surface area (Å²) in [5.74, 6) is 0.876. The summed E-state index contributed by atoms with van der Waals surface area (Å²) < 4.78 is 5.78. The van der Waals surface area contributed by atoms with E-state index < -0.39 is 0 Å². The van der Waals surface area contributed by atoms with E-state index in [9.17, 15) is 0 Å². The fourth-order valence-corrected chi connectivity index (χ4v) is 4.25. The molecule has 0 aromatic heterocycles. The molecule has 0 saturated heterocycles. The molecule has 0 rings (SSSR count). The van der Waals surface area contributed by atoms with Crippen molar-refractivity contribution in [2.45, 2.75) is 155 Å². The second-order valence-corrected chi connectivity index (χ2v) is 8.89. The lowest BCUT2D eigenvalue weighted by atomic mass is 9.91. The molecule has 0 aliphatic rings. The minimum absolute atomic E-state index is 0.504. The largest absolute Gasteiger partial charge is 0.381 e. The van der Waals surface area contributed by atoms with E-state index in [0.29, 0.717) is 6.10 Å². The molecule has 1 heteroatoms. The van der Waals surface area contributed by atoms with E-state index in [1.165, 1.54) is 128 Å². The van der Waals surface area contributed by atoms with Crippen LogP contribution in [0, 0.1) is 5.92 Å². The van der Waals surface area contributed by atoms with Crippen molar-refractivity contribution in [1.82, 2.24) is 0 Å². The molecule has 27 heavy (non-hydrogen) atoms. The van der Waals surface area contributed by atoms with E-state index in [2.05, 4.69) is 20.8 Å². The van der Waals surface area contributed by atoms with E-state index in [1.54, 1.807) is 0 Å². The van der Waals surface area contributed by atoms with Crippen molar-refractivity contribution in [3.05, 3.63) is 0 Å². The quantitative estimate of drug-likeness (QED) is 0.169. The molecule has 0 amide bonds. The molecule has 0 aliphatic heterocycles. The number of methoxy groups -OCH3 is 1. The van der Waals surface area contributed by atoms with Gasteiger partial charge in [0.1, 0.15) is 0 Å². The van der Waals surface area contributed by atoms with Crippen LogP contribution in [0.3, 0.4) is 0 Å². The van der Waals surface area contributed by atoms with Crippen molar-refractivity contribution in [2.24, 2.45) is 5.92 Å². The van der Waals surface area contributed by atoms with Crippen LogP contribution in [0.4, 0.5) is 0 Å². The highest BCUT2D eigenvalue weighted by Gasteiger charge is 2.14. The molecule has 0 N–H and O–H groups in total. The molecule has 164 valence electrons. The van der Waals surface area contributed by atoms with E-state index >= 15 is 0 Å². The summed E-state index contributed by atoms with van der Waals surface area (Å²) in [5.41, 5.74) is 0. The first kappa shape index (κ1) is 27.0. The van der Waals surface area contributed by atoms with Gasteiger partial charge in [-0.15, -0.1) is 0 Å². The van der Waals surface area contributed by atoms with Gasteiger partial charge < -0.3 is 4.74 Å². The van der Waals surface area contributed by atoms with Crippen LogP contribution in [-0.4, -0.2) is 13.2 Å². The molecule has 0 aliphatic carbocycles. The fraction of sp³-hybridized carbons (Fsp3) is 1.00. The summed E-state index contributed by atoms with van der Waals surface area (Å²) in [4.78, 5) is 0. The minimum atomic E-state index is 0.504. The van der Waals surface area contributed by atoms with E-state index in [1.807, 2.05) is 7.11 Å². The Labute approximate surface area is 173 Å². The Morgan fingerprint density at radius 2 is 0.963 bits per heavy atom. The zero-order chi connectivity index (χ0) is 20.0. The van der Waals surface area contributed by atoms with Gasteiger partial charge in [-0.1, -0.05) is 136 Å². The van der Waals surface area contributed by atoms with Gasteiger partial charge in [0.15, 0.2) is 0 Å². The van der Waals surface area contributed by atoms with Gasteiger partial charge in [0.2, 0.25) is 0 Å². The third-order valence-electron chi connectivity index (χ3n) is 6.35. The zero-order valence-corrected chi connectivity index (χ0v) is 19.7. The minimum Gasteiger partial charge on any atom is -0.381 e. The molecular weight excluding hydrogens is 328 g/mol. The number of unbranched alkanes of at least 4 members (excludes halogenated alkanes) is 14. The standard InChI is InChI=1S/C26H54O/c1-5-8-10-11-12-13-14-15-16-17-18-19-20-21-23-26(27-4)24-25(7-3)22-9-6-2/h25-26H,5-24H2,1-4H3. The third-order valence-corrected chi connectivity index (χ3v) is 6.35. The molecule has 0 bridgehead atoms. The van der Waals surface area contributed by atoms with Gasteiger partial charge in [0, 0.05) is 7.11 Å². The molecule has 0 aromatic rings. The lowest BCUT2D eigenvalue weighted by molar-refractivity contribution is 0.0685. The molecule has 0 heterocycles. The predicted molar refractivity (Wildman–Crippen MR) is 124 cm³/mol. The van der Waals surface area contributed by atoms with Crippen LogP contribution in [-0.2, 0) is 4.74 Å². The second-order valence-electron chi connectivity index (χ2n) is 8.89. The predicted octanol–water partition coefficient (Wildman–Crippen LogP) is 9.48. The normalized spacial score (nSPS) is 13.8. The van der Waals surface area contributed by atoms with Gasteiger partial charge in [-0.2, -0.15) is 0 Å². The molecule has 0 fully saturated rings. The van der Waals surface area contributed by atoms with Crippen molar-refractivity contribution in [2.75, 3.05) is 7.11 Å². The molecule has 0 aromatic carbocycles. The number of hydrogen-bond acceptors (Lipinski definition) is 1. The van der Waals surface area contributed by atoms with Gasteiger partial charge in [0.05, 0.1) is 6.10 Å². The van der Waals surface area contributed by atoms with Crippen molar-refractivity contribution < 1.29 is 4.74 Å². The Morgan fingerprint density at radius 1 is 0.519 bits per heavy atom. The van der Waals surface area contributed by atoms with Crippen molar-refractivity contribution in [3.8, 4) is 0 Å². The lowest BCUT2D eigenvalue weighted by Crippen LogP contribution is -2.16. The summed E-state index contributed by atoms with van der Waals surface area (Å²) in [7, 11) is 1.92. The van der Waals surface area contributed by atoms with Crippen LogP contribution in [0.2, 0.25) is 0 Å².